The molecule has 82 valence electrons. The van der Waals surface area contributed by atoms with Crippen molar-refractivity contribution in [2.75, 3.05) is 12.3 Å². The summed E-state index contributed by atoms with van der Waals surface area (Å²) in [7, 11) is 0. The molecule has 0 aromatic heterocycles. The van der Waals surface area contributed by atoms with Gasteiger partial charge in [0.2, 0.25) is 0 Å². The molecule has 14 heavy (non-hydrogen) atoms. The van der Waals surface area contributed by atoms with Crippen molar-refractivity contribution in [3.63, 3.8) is 0 Å². The summed E-state index contributed by atoms with van der Waals surface area (Å²) < 4.78 is 0. The summed E-state index contributed by atoms with van der Waals surface area (Å²) in [6, 6.07) is 0. The van der Waals surface area contributed by atoms with E-state index in [0.717, 1.165) is 24.4 Å². The zero-order valence-electron chi connectivity index (χ0n) is 8.41. The van der Waals surface area contributed by atoms with Crippen molar-refractivity contribution in [3.8, 4) is 0 Å². The first kappa shape index (κ1) is 14.8. The second kappa shape index (κ2) is 9.39. The van der Waals surface area contributed by atoms with E-state index >= 15 is 0 Å². The van der Waals surface area contributed by atoms with Crippen molar-refractivity contribution in [2.45, 2.75) is 19.8 Å². The van der Waals surface area contributed by atoms with Crippen molar-refractivity contribution in [3.05, 3.63) is 24.9 Å². The molecule has 0 unspecified atom stereocenters. The minimum absolute atomic E-state index is 0. The molecule has 0 bridgehead atoms. The van der Waals surface area contributed by atoms with Crippen molar-refractivity contribution >= 4 is 16.9 Å². The Hall–Kier alpha value is -1.70. The first-order valence-electron chi connectivity index (χ1n) is 4.21. The fourth-order valence-corrected chi connectivity index (χ4v) is 1.34. The molecule has 0 saturated carbocycles. The summed E-state index contributed by atoms with van der Waals surface area (Å²) >= 11 is 1.36. The number of carbonyl (C=O) groups excluding carboxylic acids is 1. The normalized spacial score (nSPS) is 8.64. The number of carbonyl (C=O) groups is 1. The van der Waals surface area contributed by atoms with Crippen molar-refractivity contribution in [2.24, 2.45) is 0 Å². The van der Waals surface area contributed by atoms with E-state index in [2.05, 4.69) is 24.6 Å². The van der Waals surface area contributed by atoms with Crippen LogP contribution in [-0.2, 0) is 4.79 Å². The molecule has 0 aliphatic rings. The van der Waals surface area contributed by atoms with Gasteiger partial charge in [0.05, 0.1) is 0 Å². The van der Waals surface area contributed by atoms with Crippen LogP contribution in [0.15, 0.2) is 18.9 Å². The molecule has 4 heteroatoms. The topological polar surface area (TPSA) is 29.1 Å². The van der Waals surface area contributed by atoms with E-state index in [4.69, 9.17) is 0 Å². The first-order valence-corrected chi connectivity index (χ1v) is 5.20. The largest absolute Gasteiger partial charge is 0.498 e. The molecule has 0 aliphatic carbocycles. The van der Waals surface area contributed by atoms with Crippen LogP contribution < -0.4 is 5.32 Å². The second-order valence-corrected chi connectivity index (χ2v) is 3.92. The van der Waals surface area contributed by atoms with Gasteiger partial charge in [0.15, 0.2) is 5.12 Å². The fourth-order valence-electron chi connectivity index (χ4n) is 0.767. The molecule has 0 spiro atoms. The molecule has 2 nitrogen and oxygen atoms in total. The van der Waals surface area contributed by atoms with Gasteiger partial charge in [-0.25, -0.2) is 0 Å². The van der Waals surface area contributed by atoms with Gasteiger partial charge < -0.3 is 11.4 Å². The molecule has 1 N–H and O–H groups in total. The molecule has 0 rings (SSSR count). The molecular weight excluding hydrogens is 429 g/mol. The number of rotatable bonds is 7. The van der Waals surface area contributed by atoms with Crippen molar-refractivity contribution in [1.29, 1.82) is 0 Å². The Balaban J connectivity index is 0. The van der Waals surface area contributed by atoms with E-state index in [0.29, 0.717) is 6.42 Å². The van der Waals surface area contributed by atoms with Gasteiger partial charge in [-0.15, -0.1) is 6.42 Å². The molecular formula is C10H16CmNOS-. The van der Waals surface area contributed by atoms with Crippen LogP contribution in [0, 0.1) is 6.08 Å². The van der Waals surface area contributed by atoms with E-state index < -0.39 is 0 Å². The first-order chi connectivity index (χ1) is 6.16. The molecule has 0 fully saturated rings. The third-order valence-corrected chi connectivity index (χ3v) is 2.24. The third-order valence-electron chi connectivity index (χ3n) is 1.34. The predicted molar refractivity (Wildman–Crippen MR) is 58.4 cm³/mol. The number of nitrogens with one attached hydrogen (secondary N) is 1. The van der Waals surface area contributed by atoms with Gasteiger partial charge in [-0.1, -0.05) is 18.3 Å². The van der Waals surface area contributed by atoms with Crippen molar-refractivity contribution < 1.29 is 4.79 Å². The Morgan fingerprint density at radius 3 is 2.71 bits per heavy atom. The van der Waals surface area contributed by atoms with Crippen LogP contribution in [0.1, 0.15) is 19.8 Å². The van der Waals surface area contributed by atoms with E-state index in [9.17, 15) is 4.79 Å². The SMILES string of the molecule is C=[C-]CC(=C)NCCCSC(C)=O.[Cm]. The summed E-state index contributed by atoms with van der Waals surface area (Å²) in [4.78, 5) is 10.6. The maximum absolute atomic E-state index is 10.6. The summed E-state index contributed by atoms with van der Waals surface area (Å²) in [6.07, 6.45) is 4.41. The zero-order chi connectivity index (χ0) is 10.1. The molecule has 0 aliphatic heterocycles. The third kappa shape index (κ3) is 10.3. The van der Waals surface area contributed by atoms with E-state index in [1.165, 1.54) is 11.8 Å². The van der Waals surface area contributed by atoms with Gasteiger partial charge in [0, 0.05) is 19.2 Å². The van der Waals surface area contributed by atoms with Gasteiger partial charge in [-0.05, 0) is 12.1 Å². The van der Waals surface area contributed by atoms with Crippen LogP contribution in [0.25, 0.3) is 0 Å². The maximum Gasteiger partial charge on any atom is 0.185 e. The molecule has 0 saturated heterocycles. The van der Waals surface area contributed by atoms with Gasteiger partial charge in [-0.2, -0.15) is 0 Å². The quantitative estimate of drug-likeness (QED) is 0.481. The Morgan fingerprint density at radius 1 is 1.57 bits per heavy atom. The molecule has 0 heterocycles. The Bertz CT molecular complexity index is 195. The summed E-state index contributed by atoms with van der Waals surface area (Å²) in [5.41, 5.74) is 0.933. The van der Waals surface area contributed by atoms with E-state index in [-0.39, 0.29) is 5.12 Å². The minimum atomic E-state index is 0. The Labute approximate surface area is 84.5 Å². The smallest absolute Gasteiger partial charge is 0.185 e. The Morgan fingerprint density at radius 2 is 2.21 bits per heavy atom. The average Bonchev–Trinajstić information content (AvgIpc) is 2.03. The van der Waals surface area contributed by atoms with Crippen LogP contribution >= 0.6 is 11.8 Å². The summed E-state index contributed by atoms with van der Waals surface area (Å²) in [6.45, 7) is 9.73. The summed E-state index contributed by atoms with van der Waals surface area (Å²) in [5.74, 6) is 0.868. The number of hydrogen-bond acceptors (Lipinski definition) is 3. The fraction of sp³-hybridized carbons (Fsp3) is 0.500. The van der Waals surface area contributed by atoms with Gasteiger partial charge in [-0.3, -0.25) is 11.4 Å². The molecule has 0 aromatic rings. The zero-order valence-corrected chi connectivity index (χ0v) is 12.2. The maximum atomic E-state index is 10.6. The van der Waals surface area contributed by atoms with Crippen LogP contribution in [0.2, 0.25) is 0 Å². The number of thioether (sulfide) groups is 1. The average molecular weight is 445 g/mol. The van der Waals surface area contributed by atoms with Gasteiger partial charge >= 0.3 is 0 Å². The minimum Gasteiger partial charge on any atom is -0.498 e. The number of hydrogen-bond donors (Lipinski definition) is 1. The molecule has 0 radical (unpaired) electrons. The predicted octanol–water partition coefficient (Wildman–Crippen LogP) is 2.14. The van der Waals surface area contributed by atoms with Crippen LogP contribution in [0.5, 0.6) is 0 Å². The van der Waals surface area contributed by atoms with Crippen LogP contribution in [0.4, 0.5) is 0 Å². The van der Waals surface area contributed by atoms with E-state index in [1.54, 1.807) is 6.92 Å². The van der Waals surface area contributed by atoms with Crippen LogP contribution in [-0.4, -0.2) is 17.4 Å². The molecule has 0 aromatic carbocycles. The second-order valence-electron chi connectivity index (χ2n) is 2.65. The Kier molecular flexibility index (Phi) is 9.93. The van der Waals surface area contributed by atoms with Gasteiger partial charge in [0.25, 0.3) is 0 Å². The number of allylic oxidation sites excluding steroid dienone is 1. The standard InChI is InChI=1S/C10H16NOS.Cm/c1-4-6-9(2)11-7-5-8-13-10(3)12;/h11H,1-2,5-8H2,3H3;/q-1;. The van der Waals surface area contributed by atoms with Gasteiger partial charge in [0.1, 0.15) is 0 Å². The molecule has 0 amide bonds. The van der Waals surface area contributed by atoms with Crippen LogP contribution in [0.3, 0.4) is 0 Å². The van der Waals surface area contributed by atoms with Crippen molar-refractivity contribution in [1.82, 2.24) is 5.32 Å². The molecule has 0 atom stereocenters. The monoisotopic (exact) mass is 441 g/mol. The summed E-state index contributed by atoms with van der Waals surface area (Å²) in [5, 5.41) is 3.31. The van der Waals surface area contributed by atoms with E-state index in [1.807, 2.05) is 0 Å².